The molecule has 200 valence electrons. The molecule has 4 nitrogen and oxygen atoms in total. The van der Waals surface area contributed by atoms with Gasteiger partial charge in [0.15, 0.2) is 0 Å². The molecule has 3 saturated carbocycles. The number of esters is 1. The van der Waals surface area contributed by atoms with Gasteiger partial charge in [-0.3, -0.25) is 4.79 Å². The number of fused-ring (bicyclic) bond motifs is 3. The average Bonchev–Trinajstić information content (AvgIpc) is 3.63. The van der Waals surface area contributed by atoms with Crippen LogP contribution in [0.25, 0.3) is 0 Å². The lowest BCUT2D eigenvalue weighted by molar-refractivity contribution is -0.182. The average molecular weight is 489 g/mol. The van der Waals surface area contributed by atoms with Crippen LogP contribution in [0.4, 0.5) is 0 Å². The Bertz CT molecular complexity index is 763. The second kappa shape index (κ2) is 9.93. The van der Waals surface area contributed by atoms with Gasteiger partial charge in [0.2, 0.25) is 6.29 Å². The maximum absolute atomic E-state index is 12.7. The minimum Gasteiger partial charge on any atom is -0.435 e. The number of carbonyl (C=O) groups excluding carboxylic acids is 1. The minimum absolute atomic E-state index is 0.0650. The molecule has 35 heavy (non-hydrogen) atoms. The molecule has 0 aromatic heterocycles. The first-order valence-corrected chi connectivity index (χ1v) is 15.3. The number of unbranched alkanes of at least 4 members (excludes halogenated alkanes) is 12. The van der Waals surface area contributed by atoms with Gasteiger partial charge in [-0.15, -0.1) is 0 Å². The Morgan fingerprint density at radius 1 is 0.857 bits per heavy atom. The van der Waals surface area contributed by atoms with Gasteiger partial charge in [0, 0.05) is 6.42 Å². The Morgan fingerprint density at radius 3 is 2.09 bits per heavy atom. The van der Waals surface area contributed by atoms with Gasteiger partial charge in [-0.1, -0.05) is 105 Å². The third kappa shape index (κ3) is 4.51. The van der Waals surface area contributed by atoms with E-state index in [0.717, 1.165) is 19.3 Å². The second-order valence-electron chi connectivity index (χ2n) is 14.0. The lowest BCUT2D eigenvalue weighted by Crippen LogP contribution is -2.46. The lowest BCUT2D eigenvalue weighted by Gasteiger charge is -2.37. The van der Waals surface area contributed by atoms with E-state index in [9.17, 15) is 4.79 Å². The van der Waals surface area contributed by atoms with Gasteiger partial charge < -0.3 is 14.2 Å². The predicted octanol–water partition coefficient (Wildman–Crippen LogP) is 7.97. The molecule has 0 radical (unpaired) electrons. The van der Waals surface area contributed by atoms with Crippen molar-refractivity contribution < 1.29 is 19.0 Å². The smallest absolute Gasteiger partial charge is 0.308 e. The highest BCUT2D eigenvalue weighted by atomic mass is 16.7. The second-order valence-corrected chi connectivity index (χ2v) is 14.0. The van der Waals surface area contributed by atoms with E-state index in [1.54, 1.807) is 0 Å². The van der Waals surface area contributed by atoms with Crippen LogP contribution in [0.3, 0.4) is 0 Å². The van der Waals surface area contributed by atoms with Crippen molar-refractivity contribution in [2.24, 2.45) is 28.1 Å². The van der Waals surface area contributed by atoms with Crippen LogP contribution in [0.2, 0.25) is 0 Å². The van der Waals surface area contributed by atoms with E-state index < -0.39 is 6.29 Å². The SMILES string of the molecule is CCCCCCCCCCCCCCCC(=O)OC1OCC23OC2C2CC(C)(C)CC2C2(C)CC123. The highest BCUT2D eigenvalue weighted by molar-refractivity contribution is 5.69. The third-order valence-electron chi connectivity index (χ3n) is 10.9. The zero-order chi connectivity index (χ0) is 24.7. The van der Waals surface area contributed by atoms with Crippen molar-refractivity contribution in [3.63, 3.8) is 0 Å². The molecule has 4 heteroatoms. The molecule has 0 aromatic rings. The summed E-state index contributed by atoms with van der Waals surface area (Å²) in [6.07, 6.45) is 21.2. The van der Waals surface area contributed by atoms with Crippen LogP contribution in [-0.4, -0.2) is 30.6 Å². The summed E-state index contributed by atoms with van der Waals surface area (Å²) in [4.78, 5) is 12.7. The van der Waals surface area contributed by atoms with Crippen molar-refractivity contribution >= 4 is 5.97 Å². The minimum atomic E-state index is -0.392. The van der Waals surface area contributed by atoms with Crippen molar-refractivity contribution in [2.75, 3.05) is 6.61 Å². The summed E-state index contributed by atoms with van der Waals surface area (Å²) in [7, 11) is 0. The zero-order valence-electron chi connectivity index (χ0n) is 23.2. The number of epoxide rings is 1. The number of carbonyl (C=O) groups is 1. The van der Waals surface area contributed by atoms with Crippen LogP contribution in [0, 0.1) is 28.1 Å². The first-order chi connectivity index (χ1) is 16.8. The van der Waals surface area contributed by atoms with Crippen LogP contribution < -0.4 is 0 Å². The van der Waals surface area contributed by atoms with Crippen molar-refractivity contribution in [3.05, 3.63) is 0 Å². The number of hydrogen-bond donors (Lipinski definition) is 0. The molecule has 7 atom stereocenters. The molecule has 5 fully saturated rings. The van der Waals surface area contributed by atoms with E-state index in [-0.39, 0.29) is 22.4 Å². The first-order valence-electron chi connectivity index (χ1n) is 15.3. The van der Waals surface area contributed by atoms with Crippen LogP contribution in [0.1, 0.15) is 137 Å². The Labute approximate surface area is 214 Å². The molecular weight excluding hydrogens is 436 g/mol. The summed E-state index contributed by atoms with van der Waals surface area (Å²) in [6.45, 7) is 10.2. The molecule has 7 unspecified atom stereocenters. The van der Waals surface area contributed by atoms with E-state index in [2.05, 4.69) is 27.7 Å². The van der Waals surface area contributed by atoms with Crippen LogP contribution in [-0.2, 0) is 19.0 Å². The topological polar surface area (TPSA) is 48.1 Å². The summed E-state index contributed by atoms with van der Waals surface area (Å²) < 4.78 is 18.7. The molecular formula is C31H52O4. The summed E-state index contributed by atoms with van der Waals surface area (Å²) >= 11 is 0. The Balaban J connectivity index is 0.975. The van der Waals surface area contributed by atoms with Crippen molar-refractivity contribution in [1.29, 1.82) is 0 Å². The van der Waals surface area contributed by atoms with E-state index >= 15 is 0 Å². The number of ether oxygens (including phenoxy) is 3. The van der Waals surface area contributed by atoms with Crippen LogP contribution in [0.5, 0.6) is 0 Å². The zero-order valence-corrected chi connectivity index (χ0v) is 23.2. The molecule has 2 spiro atoms. The molecule has 5 aliphatic rings. The molecule has 5 rings (SSSR count). The monoisotopic (exact) mass is 488 g/mol. The van der Waals surface area contributed by atoms with Crippen LogP contribution >= 0.6 is 0 Å². The molecule has 0 amide bonds. The van der Waals surface area contributed by atoms with Crippen LogP contribution in [0.15, 0.2) is 0 Å². The van der Waals surface area contributed by atoms with Gasteiger partial charge in [-0.2, -0.15) is 0 Å². The van der Waals surface area contributed by atoms with Crippen molar-refractivity contribution in [2.45, 2.75) is 155 Å². The fourth-order valence-electron chi connectivity index (χ4n) is 8.98. The summed E-state index contributed by atoms with van der Waals surface area (Å²) in [5, 5.41) is 0. The molecule has 0 N–H and O–H groups in total. The van der Waals surface area contributed by atoms with E-state index in [4.69, 9.17) is 14.2 Å². The summed E-state index contributed by atoms with van der Waals surface area (Å²) in [6, 6.07) is 0. The highest BCUT2D eigenvalue weighted by Crippen LogP contribution is 2.88. The van der Waals surface area contributed by atoms with E-state index in [0.29, 0.717) is 36.4 Å². The molecule has 2 saturated heterocycles. The molecule has 0 aromatic carbocycles. The van der Waals surface area contributed by atoms with Gasteiger partial charge in [0.05, 0.1) is 18.1 Å². The predicted molar refractivity (Wildman–Crippen MR) is 139 cm³/mol. The van der Waals surface area contributed by atoms with Gasteiger partial charge >= 0.3 is 5.97 Å². The molecule has 2 heterocycles. The third-order valence-corrected chi connectivity index (χ3v) is 10.9. The highest BCUT2D eigenvalue weighted by Gasteiger charge is 2.95. The molecule has 0 bridgehead atoms. The van der Waals surface area contributed by atoms with Gasteiger partial charge in [-0.25, -0.2) is 0 Å². The lowest BCUT2D eigenvalue weighted by atomic mass is 9.64. The molecule has 2 aliphatic heterocycles. The standard InChI is InChI=1S/C31H52O4/c1-5-6-7-8-9-10-11-12-13-14-15-16-17-18-25(32)34-27-30-21-29(30,4)24-20-28(2,3)19-23(24)26-31(30,35-26)22-33-27/h23-24,26-27H,5-22H2,1-4H3. The van der Waals surface area contributed by atoms with Gasteiger partial charge in [0.1, 0.15) is 5.60 Å². The van der Waals surface area contributed by atoms with E-state index in [1.165, 1.54) is 83.5 Å². The van der Waals surface area contributed by atoms with Gasteiger partial charge in [-0.05, 0) is 48.3 Å². The van der Waals surface area contributed by atoms with E-state index in [1.807, 2.05) is 0 Å². The molecule has 3 aliphatic carbocycles. The Kier molecular flexibility index (Phi) is 7.38. The summed E-state index contributed by atoms with van der Waals surface area (Å²) in [5.41, 5.74) is 0.353. The maximum atomic E-state index is 12.7. The Hall–Kier alpha value is -0.610. The fourth-order valence-corrected chi connectivity index (χ4v) is 8.98. The number of rotatable bonds is 15. The maximum Gasteiger partial charge on any atom is 0.308 e. The van der Waals surface area contributed by atoms with Crippen molar-refractivity contribution in [3.8, 4) is 0 Å². The largest absolute Gasteiger partial charge is 0.435 e. The summed E-state index contributed by atoms with van der Waals surface area (Å²) in [5.74, 6) is 1.28. The van der Waals surface area contributed by atoms with Crippen molar-refractivity contribution in [1.82, 2.24) is 0 Å². The first kappa shape index (κ1) is 26.0. The normalized spacial score (nSPS) is 41.6. The quantitative estimate of drug-likeness (QED) is 0.133. The fraction of sp³-hybridized carbons (Fsp3) is 0.968. The Morgan fingerprint density at radius 2 is 1.46 bits per heavy atom. The number of hydrogen-bond acceptors (Lipinski definition) is 4. The van der Waals surface area contributed by atoms with Gasteiger partial charge in [0.25, 0.3) is 0 Å².